The molecule has 26 heavy (non-hydrogen) atoms. The maximum absolute atomic E-state index is 12.8. The SMILES string of the molecule is CCCCCCCCCn1cnc2c(=O)n(CCC)c(=O)n(CCC)c21. The van der Waals surface area contributed by atoms with Crippen LogP contribution in [0.5, 0.6) is 0 Å². The second-order valence-corrected chi connectivity index (χ2v) is 7.12. The molecule has 0 N–H and O–H groups in total. The van der Waals surface area contributed by atoms with E-state index in [9.17, 15) is 9.59 Å². The van der Waals surface area contributed by atoms with Crippen LogP contribution in [0.3, 0.4) is 0 Å². The number of aromatic nitrogens is 4. The predicted molar refractivity (Wildman–Crippen MR) is 107 cm³/mol. The molecule has 146 valence electrons. The van der Waals surface area contributed by atoms with Gasteiger partial charge in [-0.3, -0.25) is 13.9 Å². The van der Waals surface area contributed by atoms with Crippen LogP contribution in [0.1, 0.15) is 78.6 Å². The fourth-order valence-corrected chi connectivity index (χ4v) is 3.51. The average molecular weight is 363 g/mol. The summed E-state index contributed by atoms with van der Waals surface area (Å²) in [5, 5.41) is 0. The third-order valence-electron chi connectivity index (χ3n) is 4.87. The standard InChI is InChI=1S/C20H34N4O2/c1-4-7-8-9-10-11-12-15-22-16-21-17-18(22)23(13-5-2)20(26)24(14-6-3)19(17)25/h16H,4-15H2,1-3H3. The van der Waals surface area contributed by atoms with Crippen molar-refractivity contribution in [2.75, 3.05) is 0 Å². The Hall–Kier alpha value is -1.85. The van der Waals surface area contributed by atoms with E-state index in [0.29, 0.717) is 24.3 Å². The fourth-order valence-electron chi connectivity index (χ4n) is 3.51. The van der Waals surface area contributed by atoms with Gasteiger partial charge in [0.2, 0.25) is 0 Å². The second-order valence-electron chi connectivity index (χ2n) is 7.12. The molecule has 2 aromatic heterocycles. The van der Waals surface area contributed by atoms with Crippen LogP contribution in [0.25, 0.3) is 11.2 Å². The van der Waals surface area contributed by atoms with Gasteiger partial charge in [-0.1, -0.05) is 59.3 Å². The Morgan fingerprint density at radius 1 is 0.769 bits per heavy atom. The molecule has 0 amide bonds. The first-order valence-corrected chi connectivity index (χ1v) is 10.3. The molecule has 6 heteroatoms. The van der Waals surface area contributed by atoms with E-state index in [1.807, 2.05) is 18.4 Å². The molecule has 6 nitrogen and oxygen atoms in total. The Morgan fingerprint density at radius 2 is 1.38 bits per heavy atom. The van der Waals surface area contributed by atoms with Gasteiger partial charge in [-0.2, -0.15) is 0 Å². The molecule has 2 aromatic rings. The van der Waals surface area contributed by atoms with Crippen LogP contribution < -0.4 is 11.2 Å². The molecule has 0 aliphatic heterocycles. The van der Waals surface area contributed by atoms with Crippen molar-refractivity contribution in [2.45, 2.75) is 98.2 Å². The zero-order chi connectivity index (χ0) is 18.9. The molecule has 0 fully saturated rings. The van der Waals surface area contributed by atoms with E-state index in [1.54, 1.807) is 10.9 Å². The third kappa shape index (κ3) is 4.65. The van der Waals surface area contributed by atoms with Crippen LogP contribution in [-0.4, -0.2) is 18.7 Å². The molecule has 0 unspecified atom stereocenters. The van der Waals surface area contributed by atoms with E-state index >= 15 is 0 Å². The maximum atomic E-state index is 12.8. The first kappa shape index (κ1) is 20.5. The number of hydrogen-bond donors (Lipinski definition) is 0. The lowest BCUT2D eigenvalue weighted by atomic mass is 10.1. The number of fused-ring (bicyclic) bond motifs is 1. The lowest BCUT2D eigenvalue weighted by Crippen LogP contribution is -2.40. The van der Waals surface area contributed by atoms with Gasteiger partial charge in [0, 0.05) is 19.6 Å². The van der Waals surface area contributed by atoms with Crippen LogP contribution in [0.2, 0.25) is 0 Å². The largest absolute Gasteiger partial charge is 0.332 e. The molecule has 2 heterocycles. The average Bonchev–Trinajstić information content (AvgIpc) is 3.05. The van der Waals surface area contributed by atoms with Gasteiger partial charge in [0.25, 0.3) is 5.56 Å². The van der Waals surface area contributed by atoms with Crippen LogP contribution >= 0.6 is 0 Å². The van der Waals surface area contributed by atoms with Gasteiger partial charge < -0.3 is 4.57 Å². The number of unbranched alkanes of at least 4 members (excludes halogenated alkanes) is 6. The van der Waals surface area contributed by atoms with Gasteiger partial charge >= 0.3 is 5.69 Å². The summed E-state index contributed by atoms with van der Waals surface area (Å²) in [6.07, 6.45) is 12.0. The summed E-state index contributed by atoms with van der Waals surface area (Å²) in [4.78, 5) is 29.8. The zero-order valence-corrected chi connectivity index (χ0v) is 16.7. The second kappa shape index (κ2) is 10.3. The van der Waals surface area contributed by atoms with Crippen LogP contribution in [-0.2, 0) is 19.6 Å². The molecule has 0 atom stereocenters. The molecular weight excluding hydrogens is 328 g/mol. The normalized spacial score (nSPS) is 11.5. The van der Waals surface area contributed by atoms with Crippen molar-refractivity contribution in [1.82, 2.24) is 18.7 Å². The van der Waals surface area contributed by atoms with Crippen molar-refractivity contribution >= 4 is 11.2 Å². The van der Waals surface area contributed by atoms with Crippen LogP contribution in [0.4, 0.5) is 0 Å². The van der Waals surface area contributed by atoms with E-state index < -0.39 is 0 Å². The zero-order valence-electron chi connectivity index (χ0n) is 16.7. The molecule has 0 spiro atoms. The predicted octanol–water partition coefficient (Wildman–Crippen LogP) is 3.93. The van der Waals surface area contributed by atoms with Crippen molar-refractivity contribution in [3.63, 3.8) is 0 Å². The van der Waals surface area contributed by atoms with Gasteiger partial charge in [0.1, 0.15) is 5.65 Å². The Bertz CT molecular complexity index is 800. The van der Waals surface area contributed by atoms with Gasteiger partial charge in [0.15, 0.2) is 5.52 Å². The lowest BCUT2D eigenvalue weighted by molar-refractivity contribution is 0.530. The summed E-state index contributed by atoms with van der Waals surface area (Å²) in [6, 6.07) is 0. The minimum atomic E-state index is -0.252. The monoisotopic (exact) mass is 362 g/mol. The van der Waals surface area contributed by atoms with Gasteiger partial charge in [-0.05, 0) is 19.3 Å². The van der Waals surface area contributed by atoms with Crippen LogP contribution in [0, 0.1) is 0 Å². The summed E-state index contributed by atoms with van der Waals surface area (Å²) in [7, 11) is 0. The van der Waals surface area contributed by atoms with Gasteiger partial charge in [-0.15, -0.1) is 0 Å². The molecule has 0 aromatic carbocycles. The van der Waals surface area contributed by atoms with Crippen molar-refractivity contribution in [2.24, 2.45) is 0 Å². The van der Waals surface area contributed by atoms with Gasteiger partial charge in [-0.25, -0.2) is 9.78 Å². The van der Waals surface area contributed by atoms with Crippen molar-refractivity contribution in [1.29, 1.82) is 0 Å². The Balaban J connectivity index is 2.21. The first-order chi connectivity index (χ1) is 12.7. The molecule has 0 saturated heterocycles. The molecular formula is C20H34N4O2. The van der Waals surface area contributed by atoms with Gasteiger partial charge in [0.05, 0.1) is 6.33 Å². The van der Waals surface area contributed by atoms with Crippen molar-refractivity contribution in [3.8, 4) is 0 Å². The molecule has 0 aliphatic rings. The molecule has 0 aliphatic carbocycles. The van der Waals surface area contributed by atoms with E-state index in [4.69, 9.17) is 0 Å². The molecule has 0 bridgehead atoms. The number of nitrogens with zero attached hydrogens (tertiary/aromatic N) is 4. The van der Waals surface area contributed by atoms with Crippen molar-refractivity contribution in [3.05, 3.63) is 27.2 Å². The number of hydrogen-bond acceptors (Lipinski definition) is 3. The highest BCUT2D eigenvalue weighted by atomic mass is 16.2. The number of imidazole rings is 1. The van der Waals surface area contributed by atoms with E-state index in [2.05, 4.69) is 11.9 Å². The Kier molecular flexibility index (Phi) is 8.13. The van der Waals surface area contributed by atoms with E-state index in [1.165, 1.54) is 43.1 Å². The molecule has 2 rings (SSSR count). The van der Waals surface area contributed by atoms with E-state index in [0.717, 1.165) is 25.8 Å². The number of rotatable bonds is 12. The highest BCUT2D eigenvalue weighted by Gasteiger charge is 2.17. The van der Waals surface area contributed by atoms with E-state index in [-0.39, 0.29) is 11.2 Å². The van der Waals surface area contributed by atoms with Crippen molar-refractivity contribution < 1.29 is 0 Å². The first-order valence-electron chi connectivity index (χ1n) is 10.3. The molecule has 0 radical (unpaired) electrons. The smallest absolute Gasteiger partial charge is 0.316 e. The number of aryl methyl sites for hydroxylation is 2. The molecule has 0 saturated carbocycles. The minimum absolute atomic E-state index is 0.201. The highest BCUT2D eigenvalue weighted by Crippen LogP contribution is 2.12. The quantitative estimate of drug-likeness (QED) is 0.537. The topological polar surface area (TPSA) is 61.8 Å². The summed E-state index contributed by atoms with van der Waals surface area (Å²) < 4.78 is 5.07. The summed E-state index contributed by atoms with van der Waals surface area (Å²) in [6.45, 7) is 8.12. The maximum Gasteiger partial charge on any atom is 0.332 e. The summed E-state index contributed by atoms with van der Waals surface area (Å²) in [5.41, 5.74) is 0.666. The Labute approximate surface area is 155 Å². The third-order valence-corrected chi connectivity index (χ3v) is 4.87. The minimum Gasteiger partial charge on any atom is -0.316 e. The highest BCUT2D eigenvalue weighted by molar-refractivity contribution is 5.69. The fraction of sp³-hybridized carbons (Fsp3) is 0.750. The lowest BCUT2D eigenvalue weighted by Gasteiger charge is -2.13. The Morgan fingerprint density at radius 3 is 2.04 bits per heavy atom. The summed E-state index contributed by atoms with van der Waals surface area (Å²) >= 11 is 0. The van der Waals surface area contributed by atoms with Crippen LogP contribution in [0.15, 0.2) is 15.9 Å². The summed E-state index contributed by atoms with van der Waals surface area (Å²) in [5.74, 6) is 0.